The molecule has 12 heteroatoms. The molecular weight excluding hydrogens is 495 g/mol. The number of carbonyl (C=O) groups is 2. The van der Waals surface area contributed by atoms with Gasteiger partial charge in [0.25, 0.3) is 5.91 Å². The highest BCUT2D eigenvalue weighted by molar-refractivity contribution is 7.99. The summed E-state index contributed by atoms with van der Waals surface area (Å²) in [6.07, 6.45) is -3.20. The third-order valence-corrected chi connectivity index (χ3v) is 5.60. The van der Waals surface area contributed by atoms with Crippen molar-refractivity contribution in [3.05, 3.63) is 70.9 Å². The summed E-state index contributed by atoms with van der Waals surface area (Å²) in [6.45, 7) is 0. The second-order valence-electron chi connectivity index (χ2n) is 6.57. The van der Waals surface area contributed by atoms with Gasteiger partial charge in [-0.15, -0.1) is 0 Å². The van der Waals surface area contributed by atoms with Gasteiger partial charge >= 0.3 is 12.2 Å². The molecule has 34 heavy (non-hydrogen) atoms. The van der Waals surface area contributed by atoms with Crippen LogP contribution >= 0.6 is 23.4 Å². The van der Waals surface area contributed by atoms with Crippen molar-refractivity contribution >= 4 is 41.0 Å². The third kappa shape index (κ3) is 6.12. The van der Waals surface area contributed by atoms with Gasteiger partial charge in [0.2, 0.25) is 0 Å². The second kappa shape index (κ2) is 10.7. The Hall–Kier alpha value is -3.44. The standard InChI is InChI=1S/C22H17ClF3N3O4S/c1-32-16-4-3-5-17(33-2)19(16)20(30)29-21(31)28-12-6-9-18(27-11-12)34-13-7-8-14(15(23)10-13)22(24,25)26/h3-11H,1-2H3,(H2,28,29,30,31). The van der Waals surface area contributed by atoms with Crippen LogP contribution in [-0.2, 0) is 6.18 Å². The van der Waals surface area contributed by atoms with Crippen LogP contribution in [0.2, 0.25) is 5.02 Å². The first-order valence-corrected chi connectivity index (χ1v) is 10.7. The SMILES string of the molecule is COc1cccc(OC)c1C(=O)NC(=O)Nc1ccc(Sc2ccc(C(F)(F)F)c(Cl)c2)nc1. The number of hydrogen-bond donors (Lipinski definition) is 2. The fourth-order valence-corrected chi connectivity index (χ4v) is 3.98. The van der Waals surface area contributed by atoms with Gasteiger partial charge in [0.1, 0.15) is 22.1 Å². The fourth-order valence-electron chi connectivity index (χ4n) is 2.83. The van der Waals surface area contributed by atoms with Gasteiger partial charge in [0, 0.05) is 4.90 Å². The number of rotatable bonds is 6. The van der Waals surface area contributed by atoms with Gasteiger partial charge in [-0.25, -0.2) is 9.78 Å². The first kappa shape index (κ1) is 25.2. The Morgan fingerprint density at radius 3 is 2.24 bits per heavy atom. The second-order valence-corrected chi connectivity index (χ2v) is 8.07. The number of methoxy groups -OCH3 is 2. The molecule has 0 fully saturated rings. The minimum absolute atomic E-state index is 0.0581. The molecule has 2 aromatic carbocycles. The highest BCUT2D eigenvalue weighted by Crippen LogP contribution is 2.37. The zero-order valence-electron chi connectivity index (χ0n) is 17.7. The van der Waals surface area contributed by atoms with Crippen LogP contribution in [0, 0.1) is 0 Å². The average Bonchev–Trinajstić information content (AvgIpc) is 2.78. The van der Waals surface area contributed by atoms with Gasteiger partial charge in [-0.05, 0) is 42.5 Å². The Labute approximate surface area is 201 Å². The van der Waals surface area contributed by atoms with E-state index in [-0.39, 0.29) is 22.7 Å². The summed E-state index contributed by atoms with van der Waals surface area (Å²) < 4.78 is 48.8. The maximum atomic E-state index is 12.8. The zero-order chi connectivity index (χ0) is 24.9. The first-order valence-electron chi connectivity index (χ1n) is 9.46. The van der Waals surface area contributed by atoms with Crippen LogP contribution in [0.5, 0.6) is 11.5 Å². The topological polar surface area (TPSA) is 89.5 Å². The van der Waals surface area contributed by atoms with Crippen molar-refractivity contribution in [1.82, 2.24) is 10.3 Å². The van der Waals surface area contributed by atoms with E-state index >= 15 is 0 Å². The monoisotopic (exact) mass is 511 g/mol. The summed E-state index contributed by atoms with van der Waals surface area (Å²) in [5, 5.41) is 4.70. The predicted octanol–water partition coefficient (Wildman–Crippen LogP) is 5.88. The minimum Gasteiger partial charge on any atom is -0.496 e. The molecule has 0 radical (unpaired) electrons. The van der Waals surface area contributed by atoms with Gasteiger partial charge in [-0.3, -0.25) is 10.1 Å². The largest absolute Gasteiger partial charge is 0.496 e. The summed E-state index contributed by atoms with van der Waals surface area (Å²) in [5.74, 6) is -0.266. The van der Waals surface area contributed by atoms with Gasteiger partial charge in [0.15, 0.2) is 0 Å². The molecule has 3 aromatic rings. The van der Waals surface area contributed by atoms with Crippen LogP contribution in [0.3, 0.4) is 0 Å². The number of urea groups is 1. The van der Waals surface area contributed by atoms with Gasteiger partial charge in [0.05, 0.1) is 36.7 Å². The molecule has 178 valence electrons. The molecule has 0 spiro atoms. The number of nitrogens with one attached hydrogen (secondary N) is 2. The molecule has 2 N–H and O–H groups in total. The Kier molecular flexibility index (Phi) is 7.90. The molecule has 0 aliphatic carbocycles. The van der Waals surface area contributed by atoms with Crippen molar-refractivity contribution in [3.63, 3.8) is 0 Å². The van der Waals surface area contributed by atoms with Crippen LogP contribution in [0.4, 0.5) is 23.7 Å². The maximum absolute atomic E-state index is 12.8. The number of carbonyl (C=O) groups excluding carboxylic acids is 2. The Bertz CT molecular complexity index is 1180. The van der Waals surface area contributed by atoms with Crippen LogP contribution in [0.1, 0.15) is 15.9 Å². The zero-order valence-corrected chi connectivity index (χ0v) is 19.3. The molecule has 3 rings (SSSR count). The van der Waals surface area contributed by atoms with Crippen molar-refractivity contribution in [2.24, 2.45) is 0 Å². The van der Waals surface area contributed by atoms with Gasteiger partial charge < -0.3 is 14.8 Å². The van der Waals surface area contributed by atoms with E-state index in [4.69, 9.17) is 21.1 Å². The Balaban J connectivity index is 1.63. The molecule has 3 amide bonds. The highest BCUT2D eigenvalue weighted by Gasteiger charge is 2.33. The van der Waals surface area contributed by atoms with Crippen LogP contribution in [0.25, 0.3) is 0 Å². The quantitative estimate of drug-likeness (QED) is 0.429. The van der Waals surface area contributed by atoms with E-state index in [1.165, 1.54) is 38.6 Å². The van der Waals surface area contributed by atoms with Crippen molar-refractivity contribution in [3.8, 4) is 11.5 Å². The molecule has 1 heterocycles. The summed E-state index contributed by atoms with van der Waals surface area (Å²) in [4.78, 5) is 29.4. The number of nitrogens with zero attached hydrogens (tertiary/aromatic N) is 1. The number of alkyl halides is 3. The summed E-state index contributed by atoms with van der Waals surface area (Å²) in [6, 6.07) is 10.4. The smallest absolute Gasteiger partial charge is 0.417 e. The number of pyridine rings is 1. The van der Waals surface area contributed by atoms with E-state index in [2.05, 4.69) is 15.6 Å². The number of hydrogen-bond acceptors (Lipinski definition) is 6. The lowest BCUT2D eigenvalue weighted by Crippen LogP contribution is -2.34. The fraction of sp³-hybridized carbons (Fsp3) is 0.136. The van der Waals surface area contributed by atoms with E-state index in [1.54, 1.807) is 24.3 Å². The number of aromatic nitrogens is 1. The minimum atomic E-state index is -4.54. The van der Waals surface area contributed by atoms with Crippen molar-refractivity contribution < 1.29 is 32.2 Å². The third-order valence-electron chi connectivity index (χ3n) is 4.34. The van der Waals surface area contributed by atoms with Gasteiger partial charge in [-0.2, -0.15) is 13.2 Å². The Morgan fingerprint density at radius 1 is 1.03 bits per heavy atom. The molecule has 7 nitrogen and oxygen atoms in total. The summed E-state index contributed by atoms with van der Waals surface area (Å²) in [5.41, 5.74) is -0.577. The number of amides is 3. The molecular formula is C22H17ClF3N3O4S. The molecule has 0 bridgehead atoms. The van der Waals surface area contributed by atoms with E-state index < -0.39 is 28.7 Å². The lowest BCUT2D eigenvalue weighted by Gasteiger charge is -2.13. The molecule has 1 aromatic heterocycles. The van der Waals surface area contributed by atoms with E-state index in [9.17, 15) is 22.8 Å². The van der Waals surface area contributed by atoms with Crippen LogP contribution in [-0.4, -0.2) is 31.1 Å². The summed E-state index contributed by atoms with van der Waals surface area (Å²) in [7, 11) is 2.77. The molecule has 0 saturated carbocycles. The lowest BCUT2D eigenvalue weighted by molar-refractivity contribution is -0.137. The summed E-state index contributed by atoms with van der Waals surface area (Å²) >= 11 is 6.83. The van der Waals surface area contributed by atoms with Gasteiger partial charge in [-0.1, -0.05) is 29.4 Å². The number of halogens is 4. The number of benzene rings is 2. The molecule has 0 unspecified atom stereocenters. The van der Waals surface area contributed by atoms with Crippen LogP contribution < -0.4 is 20.1 Å². The molecule has 0 aliphatic heterocycles. The van der Waals surface area contributed by atoms with E-state index in [1.807, 2.05) is 0 Å². The van der Waals surface area contributed by atoms with Crippen molar-refractivity contribution in [2.45, 2.75) is 16.1 Å². The average molecular weight is 512 g/mol. The lowest BCUT2D eigenvalue weighted by atomic mass is 10.1. The number of imide groups is 1. The molecule has 0 atom stereocenters. The van der Waals surface area contributed by atoms with E-state index in [0.29, 0.717) is 9.92 Å². The first-order chi connectivity index (χ1) is 16.1. The maximum Gasteiger partial charge on any atom is 0.417 e. The van der Waals surface area contributed by atoms with Crippen LogP contribution in [0.15, 0.2) is 64.6 Å². The highest BCUT2D eigenvalue weighted by atomic mass is 35.5. The number of ether oxygens (including phenoxy) is 2. The van der Waals surface area contributed by atoms with Crippen molar-refractivity contribution in [1.29, 1.82) is 0 Å². The molecule has 0 saturated heterocycles. The normalized spacial score (nSPS) is 11.0. The van der Waals surface area contributed by atoms with Crippen molar-refractivity contribution in [2.75, 3.05) is 19.5 Å². The van der Waals surface area contributed by atoms with E-state index in [0.717, 1.165) is 17.8 Å². The molecule has 0 aliphatic rings. The predicted molar refractivity (Wildman–Crippen MR) is 121 cm³/mol. The Morgan fingerprint density at radius 2 is 1.71 bits per heavy atom. The number of anilines is 1.